The van der Waals surface area contributed by atoms with Crippen LogP contribution in [0.25, 0.3) is 10.9 Å². The molecule has 0 aliphatic heterocycles. The third-order valence-corrected chi connectivity index (χ3v) is 4.11. The molecule has 23 heavy (non-hydrogen) atoms. The SMILES string of the molecule is Cn1cc(C(=O)NCc2ccccc2Cl)c(=O)c2ccccc21. The maximum atomic E-state index is 12.5. The Bertz CT molecular complexity index is 947. The summed E-state index contributed by atoms with van der Waals surface area (Å²) in [6.07, 6.45) is 1.56. The summed E-state index contributed by atoms with van der Waals surface area (Å²) in [5, 5.41) is 3.86. The third-order valence-electron chi connectivity index (χ3n) is 3.74. The highest BCUT2D eigenvalue weighted by Crippen LogP contribution is 2.15. The lowest BCUT2D eigenvalue weighted by molar-refractivity contribution is 0.0949. The summed E-state index contributed by atoms with van der Waals surface area (Å²) in [4.78, 5) is 24.9. The van der Waals surface area contributed by atoms with Crippen LogP contribution in [0.3, 0.4) is 0 Å². The number of pyridine rings is 1. The molecule has 2 aromatic carbocycles. The van der Waals surface area contributed by atoms with Crippen LogP contribution in [-0.4, -0.2) is 10.5 Å². The molecule has 0 atom stereocenters. The molecule has 0 bridgehead atoms. The van der Waals surface area contributed by atoms with E-state index in [2.05, 4.69) is 5.32 Å². The van der Waals surface area contributed by atoms with Gasteiger partial charge in [-0.1, -0.05) is 41.9 Å². The molecule has 0 fully saturated rings. The van der Waals surface area contributed by atoms with Crippen LogP contribution >= 0.6 is 11.6 Å². The van der Waals surface area contributed by atoms with Crippen molar-refractivity contribution in [3.05, 3.63) is 81.1 Å². The summed E-state index contributed by atoms with van der Waals surface area (Å²) >= 11 is 6.07. The maximum absolute atomic E-state index is 12.5. The fourth-order valence-electron chi connectivity index (χ4n) is 2.51. The van der Waals surface area contributed by atoms with E-state index in [0.29, 0.717) is 10.4 Å². The van der Waals surface area contributed by atoms with E-state index >= 15 is 0 Å². The summed E-state index contributed by atoms with van der Waals surface area (Å²) in [5.74, 6) is -0.406. The second-order valence-electron chi connectivity index (χ2n) is 5.27. The van der Waals surface area contributed by atoms with Crippen LogP contribution in [0.2, 0.25) is 5.02 Å². The Morgan fingerprint density at radius 1 is 1.13 bits per heavy atom. The van der Waals surface area contributed by atoms with Gasteiger partial charge in [-0.3, -0.25) is 9.59 Å². The van der Waals surface area contributed by atoms with Crippen molar-refractivity contribution in [2.75, 3.05) is 0 Å². The van der Waals surface area contributed by atoms with E-state index in [4.69, 9.17) is 11.6 Å². The van der Waals surface area contributed by atoms with Crippen molar-refractivity contribution >= 4 is 28.4 Å². The monoisotopic (exact) mass is 326 g/mol. The van der Waals surface area contributed by atoms with Crippen molar-refractivity contribution in [3.8, 4) is 0 Å². The average molecular weight is 327 g/mol. The predicted molar refractivity (Wildman–Crippen MR) is 91.8 cm³/mol. The van der Waals surface area contributed by atoms with Crippen LogP contribution < -0.4 is 10.7 Å². The first-order valence-corrected chi connectivity index (χ1v) is 7.55. The number of hydrogen-bond acceptors (Lipinski definition) is 2. The zero-order chi connectivity index (χ0) is 16.4. The van der Waals surface area contributed by atoms with Gasteiger partial charge in [-0.05, 0) is 23.8 Å². The molecule has 3 aromatic rings. The van der Waals surface area contributed by atoms with Gasteiger partial charge in [0.15, 0.2) is 0 Å². The number of carbonyl (C=O) groups excluding carboxylic acids is 1. The van der Waals surface area contributed by atoms with Gasteiger partial charge >= 0.3 is 0 Å². The highest BCUT2D eigenvalue weighted by atomic mass is 35.5. The van der Waals surface area contributed by atoms with Crippen LogP contribution in [0.5, 0.6) is 0 Å². The summed E-state index contributed by atoms with van der Waals surface area (Å²) in [7, 11) is 1.81. The molecule has 1 aromatic heterocycles. The first kappa shape index (κ1) is 15.3. The molecule has 116 valence electrons. The van der Waals surface area contributed by atoms with Crippen molar-refractivity contribution < 1.29 is 4.79 Å². The van der Waals surface area contributed by atoms with Gasteiger partial charge in [-0.15, -0.1) is 0 Å². The molecule has 1 N–H and O–H groups in total. The van der Waals surface area contributed by atoms with E-state index < -0.39 is 5.91 Å². The minimum Gasteiger partial charge on any atom is -0.350 e. The lowest BCUT2D eigenvalue weighted by atomic mass is 10.1. The fraction of sp³-hybridized carbons (Fsp3) is 0.111. The first-order chi connectivity index (χ1) is 11.1. The molecule has 0 radical (unpaired) electrons. The summed E-state index contributed by atoms with van der Waals surface area (Å²) in [6.45, 7) is 0.272. The van der Waals surface area contributed by atoms with Crippen LogP contribution in [0.1, 0.15) is 15.9 Å². The minimum absolute atomic E-state index is 0.123. The zero-order valence-electron chi connectivity index (χ0n) is 12.5. The highest BCUT2D eigenvalue weighted by Gasteiger charge is 2.14. The largest absolute Gasteiger partial charge is 0.350 e. The zero-order valence-corrected chi connectivity index (χ0v) is 13.3. The summed E-state index contributed by atoms with van der Waals surface area (Å²) in [6, 6.07) is 14.5. The number of aromatic nitrogens is 1. The molecule has 1 heterocycles. The van der Waals surface area contributed by atoms with Gasteiger partial charge in [0.25, 0.3) is 5.91 Å². The predicted octanol–water partition coefficient (Wildman–Crippen LogP) is 3.12. The van der Waals surface area contributed by atoms with Crippen LogP contribution in [0.15, 0.2) is 59.5 Å². The lowest BCUT2D eigenvalue weighted by Crippen LogP contribution is -2.29. The van der Waals surface area contributed by atoms with E-state index in [0.717, 1.165) is 11.1 Å². The van der Waals surface area contributed by atoms with Gasteiger partial charge in [0.1, 0.15) is 5.56 Å². The topological polar surface area (TPSA) is 51.1 Å². The second kappa shape index (κ2) is 6.26. The number of aryl methyl sites for hydroxylation is 1. The van der Waals surface area contributed by atoms with E-state index in [-0.39, 0.29) is 17.5 Å². The Labute approximate surface area is 138 Å². The molecule has 4 nitrogen and oxygen atoms in total. The van der Waals surface area contributed by atoms with Gasteiger partial charge in [0.05, 0.1) is 5.52 Å². The number of rotatable bonds is 3. The Kier molecular flexibility index (Phi) is 4.17. The number of amides is 1. The Balaban J connectivity index is 1.91. The number of benzene rings is 2. The fourth-order valence-corrected chi connectivity index (χ4v) is 2.72. The molecular weight excluding hydrogens is 312 g/mol. The Hall–Kier alpha value is -2.59. The molecule has 3 rings (SSSR count). The number of fused-ring (bicyclic) bond motifs is 1. The highest BCUT2D eigenvalue weighted by molar-refractivity contribution is 6.31. The Morgan fingerprint density at radius 2 is 1.83 bits per heavy atom. The van der Waals surface area contributed by atoms with Gasteiger partial charge in [0.2, 0.25) is 5.43 Å². The quantitative estimate of drug-likeness (QED) is 0.804. The lowest BCUT2D eigenvalue weighted by Gasteiger charge is -2.10. The van der Waals surface area contributed by atoms with Crippen LogP contribution in [0.4, 0.5) is 0 Å². The van der Waals surface area contributed by atoms with E-state index in [9.17, 15) is 9.59 Å². The van der Waals surface area contributed by atoms with Gasteiger partial charge in [-0.2, -0.15) is 0 Å². The number of nitrogens with zero attached hydrogens (tertiary/aromatic N) is 1. The van der Waals surface area contributed by atoms with E-state index in [1.165, 1.54) is 0 Å². The van der Waals surface area contributed by atoms with Crippen molar-refractivity contribution in [1.29, 1.82) is 0 Å². The van der Waals surface area contributed by atoms with Gasteiger partial charge < -0.3 is 9.88 Å². The normalized spacial score (nSPS) is 10.7. The number of carbonyl (C=O) groups is 1. The second-order valence-corrected chi connectivity index (χ2v) is 5.68. The molecule has 0 unspecified atom stereocenters. The smallest absolute Gasteiger partial charge is 0.257 e. The summed E-state index contributed by atoms with van der Waals surface area (Å²) < 4.78 is 1.78. The maximum Gasteiger partial charge on any atom is 0.257 e. The molecule has 5 heteroatoms. The average Bonchev–Trinajstić information content (AvgIpc) is 2.57. The van der Waals surface area contributed by atoms with E-state index in [1.54, 1.807) is 29.0 Å². The van der Waals surface area contributed by atoms with Crippen molar-refractivity contribution in [1.82, 2.24) is 9.88 Å². The van der Waals surface area contributed by atoms with Crippen molar-refractivity contribution in [3.63, 3.8) is 0 Å². The van der Waals surface area contributed by atoms with Crippen LogP contribution in [0, 0.1) is 0 Å². The Morgan fingerprint density at radius 3 is 2.61 bits per heavy atom. The molecule has 0 saturated heterocycles. The van der Waals surface area contributed by atoms with Crippen molar-refractivity contribution in [2.24, 2.45) is 7.05 Å². The molecule has 1 amide bonds. The van der Waals surface area contributed by atoms with E-state index in [1.807, 2.05) is 37.4 Å². The molecular formula is C18H15ClN2O2. The number of halogens is 1. The first-order valence-electron chi connectivity index (χ1n) is 7.18. The molecule has 0 aliphatic rings. The standard InChI is InChI=1S/C18H15ClN2O2/c1-21-11-14(17(22)13-7-3-5-9-16(13)21)18(23)20-10-12-6-2-4-8-15(12)19/h2-9,11H,10H2,1H3,(H,20,23). The number of hydrogen-bond donors (Lipinski definition) is 1. The van der Waals surface area contributed by atoms with Gasteiger partial charge in [-0.25, -0.2) is 0 Å². The minimum atomic E-state index is -0.406. The molecule has 0 spiro atoms. The molecule has 0 saturated carbocycles. The number of nitrogens with one attached hydrogen (secondary N) is 1. The van der Waals surface area contributed by atoms with Crippen molar-refractivity contribution in [2.45, 2.75) is 6.54 Å². The third kappa shape index (κ3) is 2.98. The molecule has 0 aliphatic carbocycles. The summed E-state index contributed by atoms with van der Waals surface area (Å²) in [5.41, 5.74) is 1.45. The van der Waals surface area contributed by atoms with Gasteiger partial charge in [0, 0.05) is 30.2 Å². The van der Waals surface area contributed by atoms with Crippen LogP contribution in [-0.2, 0) is 13.6 Å². The number of para-hydroxylation sites is 1.